The third-order valence-electron chi connectivity index (χ3n) is 4.19. The zero-order chi connectivity index (χ0) is 23.6. The number of nitrogens with two attached hydrogens (primary N) is 1. The smallest absolute Gasteiger partial charge is 0.262 e. The Kier molecular flexibility index (Phi) is 6.46. The zero-order valence-electron chi connectivity index (χ0n) is 16.6. The van der Waals surface area contributed by atoms with Gasteiger partial charge in [0.15, 0.2) is 0 Å². The third kappa shape index (κ3) is 5.37. The van der Waals surface area contributed by atoms with Crippen LogP contribution in [0.5, 0.6) is 5.75 Å². The number of hydrogen-bond acceptors (Lipinski definition) is 7. The van der Waals surface area contributed by atoms with Gasteiger partial charge in [0.25, 0.3) is 20.0 Å². The van der Waals surface area contributed by atoms with E-state index in [-0.39, 0.29) is 26.1 Å². The summed E-state index contributed by atoms with van der Waals surface area (Å²) in [6.45, 7) is 0. The van der Waals surface area contributed by atoms with E-state index in [9.17, 15) is 25.3 Å². The van der Waals surface area contributed by atoms with Crippen LogP contribution in [0.4, 0.5) is 11.4 Å². The second-order valence-corrected chi connectivity index (χ2v) is 11.4. The maximum absolute atomic E-state index is 12.8. The first-order valence-corrected chi connectivity index (χ1v) is 13.4. The summed E-state index contributed by atoms with van der Waals surface area (Å²) in [5, 5.41) is 5.05. The molecule has 0 aromatic heterocycles. The first kappa shape index (κ1) is 23.5. The Morgan fingerprint density at radius 3 is 1.91 bits per heavy atom. The summed E-state index contributed by atoms with van der Waals surface area (Å²) in [6, 6.07) is 16.0. The molecule has 0 atom stereocenters. The minimum atomic E-state index is -4.23. The summed E-state index contributed by atoms with van der Waals surface area (Å²) in [6.07, 6.45) is 0. The first-order chi connectivity index (χ1) is 14.9. The normalized spacial score (nSPS) is 12.2. The van der Waals surface area contributed by atoms with E-state index in [4.69, 9.17) is 9.88 Å². The number of ether oxygens (including phenoxy) is 1. The molecule has 3 aromatic rings. The van der Waals surface area contributed by atoms with Crippen LogP contribution in [0.25, 0.3) is 0 Å². The molecule has 0 fully saturated rings. The maximum Gasteiger partial charge on any atom is 0.262 e. The van der Waals surface area contributed by atoms with E-state index < -0.39 is 30.1 Å². The van der Waals surface area contributed by atoms with Gasteiger partial charge in [-0.25, -0.2) is 30.4 Å². The SMILES string of the molecule is COc1ccccc1NS(=O)(=O)c1cccc(NS(=O)(=O)c2cccc(S(N)(=O)=O)c2)c1. The van der Waals surface area contributed by atoms with Gasteiger partial charge in [0.1, 0.15) is 5.75 Å². The van der Waals surface area contributed by atoms with E-state index in [0.29, 0.717) is 5.75 Å². The van der Waals surface area contributed by atoms with Crippen LogP contribution in [0.1, 0.15) is 0 Å². The molecule has 10 nitrogen and oxygen atoms in total. The van der Waals surface area contributed by atoms with E-state index in [0.717, 1.165) is 18.2 Å². The molecule has 0 aliphatic rings. The van der Waals surface area contributed by atoms with Crippen molar-refractivity contribution >= 4 is 41.4 Å². The van der Waals surface area contributed by atoms with E-state index in [1.165, 1.54) is 43.5 Å². The van der Waals surface area contributed by atoms with Crippen LogP contribution in [-0.2, 0) is 30.1 Å². The van der Waals surface area contributed by atoms with Crippen LogP contribution in [0.15, 0.2) is 87.5 Å². The predicted octanol–water partition coefficient (Wildman–Crippen LogP) is 1.94. The Morgan fingerprint density at radius 1 is 0.688 bits per heavy atom. The second-order valence-electron chi connectivity index (χ2n) is 6.46. The Hall–Kier alpha value is -3.13. The Balaban J connectivity index is 1.91. The quantitative estimate of drug-likeness (QED) is 0.428. The predicted molar refractivity (Wildman–Crippen MR) is 119 cm³/mol. The fourth-order valence-electron chi connectivity index (χ4n) is 2.69. The molecule has 32 heavy (non-hydrogen) atoms. The summed E-state index contributed by atoms with van der Waals surface area (Å²) in [5.41, 5.74) is 0.162. The second kappa shape index (κ2) is 8.78. The van der Waals surface area contributed by atoms with Crippen molar-refractivity contribution in [2.75, 3.05) is 16.6 Å². The van der Waals surface area contributed by atoms with Crippen molar-refractivity contribution in [1.82, 2.24) is 0 Å². The molecule has 4 N–H and O–H groups in total. The number of methoxy groups -OCH3 is 1. The lowest BCUT2D eigenvalue weighted by Crippen LogP contribution is -2.17. The largest absolute Gasteiger partial charge is 0.495 e. The minimum Gasteiger partial charge on any atom is -0.495 e. The lowest BCUT2D eigenvalue weighted by molar-refractivity contribution is 0.417. The molecule has 0 aliphatic heterocycles. The van der Waals surface area contributed by atoms with E-state index >= 15 is 0 Å². The number of benzene rings is 3. The monoisotopic (exact) mass is 497 g/mol. The van der Waals surface area contributed by atoms with Gasteiger partial charge in [0, 0.05) is 0 Å². The van der Waals surface area contributed by atoms with Crippen LogP contribution in [0, 0.1) is 0 Å². The van der Waals surface area contributed by atoms with Gasteiger partial charge in [-0.2, -0.15) is 0 Å². The van der Waals surface area contributed by atoms with Crippen molar-refractivity contribution in [2.45, 2.75) is 14.7 Å². The lowest BCUT2D eigenvalue weighted by Gasteiger charge is -2.13. The van der Waals surface area contributed by atoms with Crippen molar-refractivity contribution in [2.24, 2.45) is 5.14 Å². The van der Waals surface area contributed by atoms with Gasteiger partial charge in [0.2, 0.25) is 10.0 Å². The van der Waals surface area contributed by atoms with Gasteiger partial charge < -0.3 is 4.74 Å². The molecule has 0 bridgehead atoms. The molecule has 3 aromatic carbocycles. The molecule has 0 aliphatic carbocycles. The van der Waals surface area contributed by atoms with Crippen LogP contribution >= 0.6 is 0 Å². The molecule has 0 amide bonds. The standard InChI is InChI=1S/C19H19N3O7S3/c1-29-19-11-3-2-10-18(19)22-32(27,28)16-8-4-6-14(12-16)21-31(25,26)17-9-5-7-15(13-17)30(20,23)24/h2-13,21-22H,1H3,(H2,20,23,24). The lowest BCUT2D eigenvalue weighted by atomic mass is 10.3. The molecule has 0 saturated carbocycles. The topological polar surface area (TPSA) is 162 Å². The zero-order valence-corrected chi connectivity index (χ0v) is 19.0. The molecule has 0 heterocycles. The van der Waals surface area contributed by atoms with Crippen molar-refractivity contribution in [1.29, 1.82) is 0 Å². The van der Waals surface area contributed by atoms with E-state index in [1.54, 1.807) is 18.2 Å². The molecular weight excluding hydrogens is 478 g/mol. The number of sulfonamides is 3. The van der Waals surface area contributed by atoms with Gasteiger partial charge in [-0.15, -0.1) is 0 Å². The van der Waals surface area contributed by atoms with Gasteiger partial charge >= 0.3 is 0 Å². The highest BCUT2D eigenvalue weighted by atomic mass is 32.2. The number of rotatable bonds is 8. The van der Waals surface area contributed by atoms with Gasteiger partial charge in [-0.1, -0.05) is 24.3 Å². The number of hydrogen-bond donors (Lipinski definition) is 3. The molecule has 13 heteroatoms. The molecule has 0 spiro atoms. The molecular formula is C19H19N3O7S3. The molecule has 0 unspecified atom stereocenters. The van der Waals surface area contributed by atoms with Crippen LogP contribution < -0.4 is 19.3 Å². The third-order valence-corrected chi connectivity index (χ3v) is 7.85. The van der Waals surface area contributed by atoms with Crippen LogP contribution in [-0.4, -0.2) is 32.4 Å². The summed E-state index contributed by atoms with van der Waals surface area (Å²) < 4.78 is 83.7. The summed E-state index contributed by atoms with van der Waals surface area (Å²) in [4.78, 5) is -0.941. The highest BCUT2D eigenvalue weighted by molar-refractivity contribution is 7.93. The van der Waals surface area contributed by atoms with Gasteiger partial charge in [-0.05, 0) is 48.5 Å². The van der Waals surface area contributed by atoms with Crippen molar-refractivity contribution in [3.63, 3.8) is 0 Å². The summed E-state index contributed by atoms with van der Waals surface area (Å²) in [5.74, 6) is 0.308. The average Bonchev–Trinajstić information content (AvgIpc) is 2.73. The fourth-order valence-corrected chi connectivity index (χ4v) is 5.54. The first-order valence-electron chi connectivity index (χ1n) is 8.84. The number of anilines is 2. The Bertz CT molecular complexity index is 1470. The van der Waals surface area contributed by atoms with E-state index in [1.807, 2.05) is 0 Å². The molecule has 3 rings (SSSR count). The average molecular weight is 498 g/mol. The van der Waals surface area contributed by atoms with Crippen molar-refractivity contribution in [3.8, 4) is 5.75 Å². The van der Waals surface area contributed by atoms with Crippen LogP contribution in [0.2, 0.25) is 0 Å². The molecule has 0 saturated heterocycles. The number of nitrogens with one attached hydrogen (secondary N) is 2. The summed E-state index contributed by atoms with van der Waals surface area (Å²) in [7, 11) is -11.0. The van der Waals surface area contributed by atoms with E-state index in [2.05, 4.69) is 9.44 Å². The number of para-hydroxylation sites is 2. The fraction of sp³-hybridized carbons (Fsp3) is 0.0526. The maximum atomic E-state index is 12.8. The van der Waals surface area contributed by atoms with Crippen molar-refractivity contribution in [3.05, 3.63) is 72.8 Å². The number of primary sulfonamides is 1. The summed E-state index contributed by atoms with van der Waals surface area (Å²) >= 11 is 0. The van der Waals surface area contributed by atoms with Gasteiger partial charge in [0.05, 0.1) is 33.2 Å². The minimum absolute atomic E-state index is 0.0473. The highest BCUT2D eigenvalue weighted by Gasteiger charge is 2.20. The van der Waals surface area contributed by atoms with Crippen LogP contribution in [0.3, 0.4) is 0 Å². The Morgan fingerprint density at radius 2 is 1.25 bits per heavy atom. The molecule has 170 valence electrons. The van der Waals surface area contributed by atoms with Crippen molar-refractivity contribution < 1.29 is 30.0 Å². The van der Waals surface area contributed by atoms with Gasteiger partial charge in [-0.3, -0.25) is 9.44 Å². The highest BCUT2D eigenvalue weighted by Crippen LogP contribution is 2.27. The Labute approximate surface area is 186 Å². The molecule has 0 radical (unpaired) electrons.